The summed E-state index contributed by atoms with van der Waals surface area (Å²) in [7, 11) is 1.40. The normalized spacial score (nSPS) is 18.3. The number of thiophene rings is 1. The van der Waals surface area contributed by atoms with E-state index in [0.29, 0.717) is 13.1 Å². The summed E-state index contributed by atoms with van der Waals surface area (Å²) in [4.78, 5) is 30.5. The van der Waals surface area contributed by atoms with E-state index in [2.05, 4.69) is 4.90 Å². The van der Waals surface area contributed by atoms with Gasteiger partial charge < -0.3 is 19.6 Å². The van der Waals surface area contributed by atoms with Crippen LogP contribution in [0.15, 0.2) is 35.2 Å². The second kappa shape index (κ2) is 9.62. The van der Waals surface area contributed by atoms with Gasteiger partial charge in [0.15, 0.2) is 0 Å². The summed E-state index contributed by atoms with van der Waals surface area (Å²) in [6.45, 7) is 8.56. The van der Waals surface area contributed by atoms with E-state index in [0.717, 1.165) is 29.6 Å². The van der Waals surface area contributed by atoms with Crippen molar-refractivity contribution in [1.29, 1.82) is 0 Å². The van der Waals surface area contributed by atoms with Crippen LogP contribution in [0, 0.1) is 12.7 Å². The Morgan fingerprint density at radius 1 is 1.26 bits per heavy atom. The third-order valence-electron chi connectivity index (χ3n) is 5.66. The van der Waals surface area contributed by atoms with Crippen LogP contribution in [-0.4, -0.2) is 59.9 Å². The number of ketones is 1. The largest absolute Gasteiger partial charge is 0.507 e. The van der Waals surface area contributed by atoms with E-state index in [-0.39, 0.29) is 16.9 Å². The van der Waals surface area contributed by atoms with Crippen LogP contribution in [0.4, 0.5) is 4.39 Å². The molecule has 1 aliphatic rings. The molecule has 1 aromatic heterocycles. The van der Waals surface area contributed by atoms with Crippen molar-refractivity contribution >= 4 is 28.8 Å². The zero-order valence-electron chi connectivity index (χ0n) is 18.1. The average molecular weight is 447 g/mol. The van der Waals surface area contributed by atoms with Crippen molar-refractivity contribution in [2.75, 3.05) is 33.3 Å². The number of hydrogen-bond donors (Lipinski definition) is 1. The number of Topliss-reactive ketones (excluding diaryl/α,β-unsaturated/α-hetero) is 1. The molecule has 1 saturated heterocycles. The maximum Gasteiger partial charge on any atom is 0.295 e. The van der Waals surface area contributed by atoms with Gasteiger partial charge in [-0.05, 0) is 55.2 Å². The number of carbonyl (C=O) groups is 2. The van der Waals surface area contributed by atoms with Crippen molar-refractivity contribution in [1.82, 2.24) is 9.80 Å². The minimum Gasteiger partial charge on any atom is -0.507 e. The number of halogens is 1. The van der Waals surface area contributed by atoms with Crippen LogP contribution in [0.2, 0.25) is 0 Å². The van der Waals surface area contributed by atoms with Crippen molar-refractivity contribution in [3.05, 3.63) is 57.0 Å². The van der Waals surface area contributed by atoms with Crippen LogP contribution in [0.25, 0.3) is 5.76 Å². The number of likely N-dealkylation sites (N-methyl/N-ethyl adjacent to an activating group) is 1. The van der Waals surface area contributed by atoms with E-state index in [1.807, 2.05) is 32.2 Å². The van der Waals surface area contributed by atoms with E-state index in [1.165, 1.54) is 35.5 Å². The highest BCUT2D eigenvalue weighted by Crippen LogP contribution is 2.43. The monoisotopic (exact) mass is 446 g/mol. The molecule has 0 spiro atoms. The molecule has 0 saturated carbocycles. The molecule has 2 heterocycles. The summed E-state index contributed by atoms with van der Waals surface area (Å²) in [6, 6.07) is 4.87. The highest BCUT2D eigenvalue weighted by atomic mass is 32.1. The number of amides is 1. The van der Waals surface area contributed by atoms with Gasteiger partial charge in [-0.1, -0.05) is 13.8 Å². The maximum atomic E-state index is 13.9. The van der Waals surface area contributed by atoms with E-state index in [1.54, 1.807) is 0 Å². The fourth-order valence-corrected chi connectivity index (χ4v) is 4.89. The molecule has 8 heteroatoms. The van der Waals surface area contributed by atoms with Gasteiger partial charge in [-0.15, -0.1) is 11.3 Å². The first-order chi connectivity index (χ1) is 14.8. The lowest BCUT2D eigenvalue weighted by Gasteiger charge is -2.28. The Kier molecular flexibility index (Phi) is 7.12. The summed E-state index contributed by atoms with van der Waals surface area (Å²) in [6.07, 6.45) is 0. The fourth-order valence-electron chi connectivity index (χ4n) is 3.85. The zero-order valence-corrected chi connectivity index (χ0v) is 19.0. The van der Waals surface area contributed by atoms with Crippen molar-refractivity contribution in [3.8, 4) is 5.75 Å². The molecule has 1 aromatic carbocycles. The number of nitrogens with zero attached hydrogens (tertiary/aromatic N) is 2. The van der Waals surface area contributed by atoms with Gasteiger partial charge in [-0.2, -0.15) is 0 Å². The third kappa shape index (κ3) is 4.36. The molecular weight excluding hydrogens is 419 g/mol. The number of rotatable bonds is 8. The van der Waals surface area contributed by atoms with E-state index in [9.17, 15) is 19.1 Å². The molecule has 166 valence electrons. The number of likely N-dealkylation sites (tertiary alicyclic amines) is 1. The number of aliphatic hydroxyl groups is 1. The molecule has 1 fully saturated rings. The Morgan fingerprint density at radius 3 is 2.55 bits per heavy atom. The maximum absolute atomic E-state index is 13.9. The predicted octanol–water partition coefficient (Wildman–Crippen LogP) is 3.97. The molecule has 1 unspecified atom stereocenters. The van der Waals surface area contributed by atoms with Gasteiger partial charge in [0.05, 0.1) is 24.3 Å². The third-order valence-corrected chi connectivity index (χ3v) is 6.73. The molecule has 1 aliphatic heterocycles. The molecule has 6 nitrogen and oxygen atoms in total. The summed E-state index contributed by atoms with van der Waals surface area (Å²) in [5.41, 5.74) is 0.921. The lowest BCUT2D eigenvalue weighted by Crippen LogP contribution is -2.37. The molecule has 0 bridgehead atoms. The molecule has 1 atom stereocenters. The number of carbonyl (C=O) groups excluding carboxylic acids is 2. The highest BCUT2D eigenvalue weighted by Gasteiger charge is 2.47. The first-order valence-electron chi connectivity index (χ1n) is 10.2. The second-order valence-electron chi connectivity index (χ2n) is 7.33. The van der Waals surface area contributed by atoms with Crippen molar-refractivity contribution in [3.63, 3.8) is 0 Å². The number of methoxy groups -OCH3 is 1. The lowest BCUT2D eigenvalue weighted by atomic mass is 9.98. The fraction of sp³-hybridized carbons (Fsp3) is 0.391. The van der Waals surface area contributed by atoms with Crippen LogP contribution >= 0.6 is 11.3 Å². The SMILES string of the molecule is CCN(CC)CCN1C(=O)C(=O)/C(=C(/O)c2cc(F)ccc2OC)C1c1sccc1C. The number of ether oxygens (including phenoxy) is 1. The molecule has 1 amide bonds. The first kappa shape index (κ1) is 23.0. The number of hydrogen-bond acceptors (Lipinski definition) is 6. The van der Waals surface area contributed by atoms with Crippen LogP contribution in [0.5, 0.6) is 5.75 Å². The Morgan fingerprint density at radius 2 is 1.97 bits per heavy atom. The minimum absolute atomic E-state index is 0.0426. The van der Waals surface area contributed by atoms with Crippen LogP contribution in [0.3, 0.4) is 0 Å². The highest BCUT2D eigenvalue weighted by molar-refractivity contribution is 7.10. The van der Waals surface area contributed by atoms with Gasteiger partial charge in [0.1, 0.15) is 17.3 Å². The van der Waals surface area contributed by atoms with Crippen LogP contribution < -0.4 is 4.74 Å². The van der Waals surface area contributed by atoms with E-state index >= 15 is 0 Å². The smallest absolute Gasteiger partial charge is 0.295 e. The average Bonchev–Trinajstić information content (AvgIpc) is 3.29. The minimum atomic E-state index is -0.777. The standard InChI is InChI=1S/C23H27FN2O4S/c1-5-25(6-2)10-11-26-19(22-14(3)9-12-31-22)18(21(28)23(26)29)20(27)16-13-15(24)7-8-17(16)30-4/h7-9,12-13,19,27H,5-6,10-11H2,1-4H3/b20-18+. The first-order valence-corrected chi connectivity index (χ1v) is 11.1. The number of benzene rings is 1. The Labute approximate surface area is 185 Å². The summed E-state index contributed by atoms with van der Waals surface area (Å²) in [5.74, 6) is -2.24. The Balaban J connectivity index is 2.15. The van der Waals surface area contributed by atoms with Crippen molar-refractivity contribution < 1.29 is 23.8 Å². The lowest BCUT2D eigenvalue weighted by molar-refractivity contribution is -0.140. The number of aryl methyl sites for hydroxylation is 1. The van der Waals surface area contributed by atoms with E-state index in [4.69, 9.17) is 4.74 Å². The molecule has 31 heavy (non-hydrogen) atoms. The van der Waals surface area contributed by atoms with Crippen LogP contribution in [0.1, 0.15) is 35.9 Å². The predicted molar refractivity (Wildman–Crippen MR) is 119 cm³/mol. The molecule has 0 radical (unpaired) electrons. The zero-order chi connectivity index (χ0) is 22.7. The quantitative estimate of drug-likeness (QED) is 0.378. The summed E-state index contributed by atoms with van der Waals surface area (Å²) < 4.78 is 19.2. The molecule has 2 aromatic rings. The topological polar surface area (TPSA) is 70.1 Å². The van der Waals surface area contributed by atoms with E-state index < -0.39 is 29.3 Å². The van der Waals surface area contributed by atoms with Crippen LogP contribution in [-0.2, 0) is 9.59 Å². The van der Waals surface area contributed by atoms with Gasteiger partial charge in [0, 0.05) is 18.0 Å². The van der Waals surface area contributed by atoms with Crippen molar-refractivity contribution in [2.24, 2.45) is 0 Å². The Hall–Kier alpha value is -2.71. The molecular formula is C23H27FN2O4S. The Bertz CT molecular complexity index is 1010. The summed E-state index contributed by atoms with van der Waals surface area (Å²) >= 11 is 1.42. The van der Waals surface area contributed by atoms with Crippen molar-refractivity contribution in [2.45, 2.75) is 26.8 Å². The van der Waals surface area contributed by atoms with Gasteiger partial charge in [-0.3, -0.25) is 9.59 Å². The van der Waals surface area contributed by atoms with Gasteiger partial charge in [-0.25, -0.2) is 4.39 Å². The molecule has 1 N–H and O–H groups in total. The summed E-state index contributed by atoms with van der Waals surface area (Å²) in [5, 5.41) is 13.0. The van der Waals surface area contributed by atoms with Gasteiger partial charge >= 0.3 is 0 Å². The van der Waals surface area contributed by atoms with Gasteiger partial charge in [0.25, 0.3) is 11.7 Å². The van der Waals surface area contributed by atoms with Gasteiger partial charge in [0.2, 0.25) is 0 Å². The molecule has 3 rings (SSSR count). The second-order valence-corrected chi connectivity index (χ2v) is 8.28. The number of aliphatic hydroxyl groups excluding tert-OH is 1. The molecule has 0 aliphatic carbocycles.